The maximum absolute atomic E-state index is 12.0. The lowest BCUT2D eigenvalue weighted by Crippen LogP contribution is -2.21. The van der Waals surface area contributed by atoms with E-state index in [-0.39, 0.29) is 17.4 Å². The van der Waals surface area contributed by atoms with Gasteiger partial charge in [-0.05, 0) is 31.0 Å². The molecule has 1 aromatic carbocycles. The minimum absolute atomic E-state index is 0.0520. The van der Waals surface area contributed by atoms with E-state index in [0.717, 1.165) is 12.8 Å². The fraction of sp³-hybridized carbons (Fsp3) is 0.286. The number of carbonyl (C=O) groups excluding carboxylic acids is 1. The van der Waals surface area contributed by atoms with Gasteiger partial charge in [0.25, 0.3) is 0 Å². The summed E-state index contributed by atoms with van der Waals surface area (Å²) >= 11 is 0. The smallest absolute Gasteiger partial charge is 0.335 e. The summed E-state index contributed by atoms with van der Waals surface area (Å²) in [6.07, 6.45) is 5.44. The third kappa shape index (κ3) is 2.93. The minimum atomic E-state index is -1.03. The molecule has 0 bridgehead atoms. The molecule has 0 radical (unpaired) electrons. The van der Waals surface area contributed by atoms with Crippen LogP contribution in [0.3, 0.4) is 0 Å². The monoisotopic (exact) mass is 261 g/mol. The molecule has 5 heteroatoms. The summed E-state index contributed by atoms with van der Waals surface area (Å²) in [4.78, 5) is 22.8. The Morgan fingerprint density at radius 3 is 2.58 bits per heavy atom. The van der Waals surface area contributed by atoms with Crippen molar-refractivity contribution in [3.05, 3.63) is 35.9 Å². The Labute approximate surface area is 110 Å². The van der Waals surface area contributed by atoms with Crippen LogP contribution in [0.25, 0.3) is 0 Å². The second kappa shape index (κ2) is 5.56. The van der Waals surface area contributed by atoms with E-state index in [1.54, 1.807) is 6.07 Å². The molecule has 1 aliphatic carbocycles. The number of carboxylic acid groups (broad SMARTS) is 1. The van der Waals surface area contributed by atoms with E-state index in [0.29, 0.717) is 11.4 Å². The zero-order valence-corrected chi connectivity index (χ0v) is 10.6. The molecule has 2 rings (SSSR count). The van der Waals surface area contributed by atoms with Crippen molar-refractivity contribution in [2.75, 3.05) is 12.4 Å². The summed E-state index contributed by atoms with van der Waals surface area (Å²) in [5, 5.41) is 11.7. The van der Waals surface area contributed by atoms with Gasteiger partial charge in [-0.3, -0.25) is 4.79 Å². The van der Waals surface area contributed by atoms with Crippen LogP contribution in [0, 0.1) is 5.92 Å². The first-order chi connectivity index (χ1) is 9.11. The van der Waals surface area contributed by atoms with Crippen molar-refractivity contribution in [1.82, 2.24) is 0 Å². The van der Waals surface area contributed by atoms with E-state index < -0.39 is 5.97 Å². The Morgan fingerprint density at radius 1 is 1.32 bits per heavy atom. The van der Waals surface area contributed by atoms with Gasteiger partial charge in [0.05, 0.1) is 18.4 Å². The van der Waals surface area contributed by atoms with E-state index in [1.807, 2.05) is 12.2 Å². The van der Waals surface area contributed by atoms with Crippen LogP contribution < -0.4 is 10.1 Å². The first kappa shape index (κ1) is 13.1. The molecule has 1 aliphatic rings. The summed E-state index contributed by atoms with van der Waals surface area (Å²) in [7, 11) is 1.44. The summed E-state index contributed by atoms with van der Waals surface area (Å²) in [5.74, 6) is -0.814. The molecule has 0 heterocycles. The Morgan fingerprint density at radius 2 is 2.00 bits per heavy atom. The fourth-order valence-corrected chi connectivity index (χ4v) is 1.99. The van der Waals surface area contributed by atoms with E-state index in [9.17, 15) is 9.59 Å². The van der Waals surface area contributed by atoms with Crippen molar-refractivity contribution in [1.29, 1.82) is 0 Å². The van der Waals surface area contributed by atoms with Gasteiger partial charge in [0.2, 0.25) is 5.91 Å². The first-order valence-corrected chi connectivity index (χ1v) is 5.99. The van der Waals surface area contributed by atoms with Gasteiger partial charge in [-0.25, -0.2) is 4.79 Å². The maximum atomic E-state index is 12.0. The molecule has 0 saturated heterocycles. The Balaban J connectivity index is 2.15. The van der Waals surface area contributed by atoms with E-state index in [1.165, 1.54) is 19.2 Å². The predicted octanol–water partition coefficient (Wildman–Crippen LogP) is 2.30. The summed E-state index contributed by atoms with van der Waals surface area (Å²) in [5.41, 5.74) is 0.613. The van der Waals surface area contributed by atoms with Crippen LogP contribution in [0.5, 0.6) is 5.75 Å². The second-order valence-corrected chi connectivity index (χ2v) is 4.35. The van der Waals surface area contributed by atoms with Gasteiger partial charge in [0.15, 0.2) is 0 Å². The van der Waals surface area contributed by atoms with E-state index >= 15 is 0 Å². The molecule has 0 unspecified atom stereocenters. The molecule has 0 aromatic heterocycles. The lowest BCUT2D eigenvalue weighted by molar-refractivity contribution is -0.119. The number of aromatic carboxylic acids is 1. The maximum Gasteiger partial charge on any atom is 0.335 e. The van der Waals surface area contributed by atoms with Gasteiger partial charge in [0, 0.05) is 5.92 Å². The highest BCUT2D eigenvalue weighted by Gasteiger charge is 2.20. The molecule has 0 fully saturated rings. The number of hydrogen-bond acceptors (Lipinski definition) is 3. The number of ether oxygens (including phenoxy) is 1. The fourth-order valence-electron chi connectivity index (χ4n) is 1.99. The number of amides is 1. The first-order valence-electron chi connectivity index (χ1n) is 5.99. The highest BCUT2D eigenvalue weighted by atomic mass is 16.5. The zero-order chi connectivity index (χ0) is 13.8. The topological polar surface area (TPSA) is 75.6 Å². The van der Waals surface area contributed by atoms with Gasteiger partial charge >= 0.3 is 5.97 Å². The standard InChI is InChI=1S/C14H15NO4/c1-19-12-8-10(14(17)18)6-7-11(12)15-13(16)9-4-2-3-5-9/h2-3,6-9H,4-5H2,1H3,(H,15,16)(H,17,18). The Bertz CT molecular complexity index is 528. The molecule has 1 aromatic rings. The van der Waals surface area contributed by atoms with Crippen LogP contribution in [-0.2, 0) is 4.79 Å². The number of rotatable bonds is 4. The molecule has 100 valence electrons. The highest BCUT2D eigenvalue weighted by molar-refractivity contribution is 5.96. The molecule has 5 nitrogen and oxygen atoms in total. The third-order valence-corrected chi connectivity index (χ3v) is 3.09. The molecule has 0 spiro atoms. The SMILES string of the molecule is COc1cc(C(=O)O)ccc1NC(=O)C1CC=CC1. The number of allylic oxidation sites excluding steroid dienone is 2. The number of hydrogen-bond donors (Lipinski definition) is 2. The lowest BCUT2D eigenvalue weighted by Gasteiger charge is -2.13. The van der Waals surface area contributed by atoms with Crippen LogP contribution in [0.4, 0.5) is 5.69 Å². The predicted molar refractivity (Wildman–Crippen MR) is 70.4 cm³/mol. The summed E-state index contributed by atoms with van der Waals surface area (Å²) < 4.78 is 5.11. The van der Waals surface area contributed by atoms with Gasteiger partial charge in [-0.15, -0.1) is 0 Å². The molecule has 2 N–H and O–H groups in total. The van der Waals surface area contributed by atoms with Crippen molar-refractivity contribution in [2.45, 2.75) is 12.8 Å². The number of methoxy groups -OCH3 is 1. The van der Waals surface area contributed by atoms with Crippen molar-refractivity contribution < 1.29 is 19.4 Å². The molecule has 0 atom stereocenters. The van der Waals surface area contributed by atoms with Gasteiger partial charge in [0.1, 0.15) is 5.75 Å². The second-order valence-electron chi connectivity index (χ2n) is 4.35. The van der Waals surface area contributed by atoms with Crippen LogP contribution in [-0.4, -0.2) is 24.1 Å². The van der Waals surface area contributed by atoms with Crippen molar-refractivity contribution >= 4 is 17.6 Å². The van der Waals surface area contributed by atoms with E-state index in [2.05, 4.69) is 5.32 Å². The quantitative estimate of drug-likeness (QED) is 0.815. The molecule has 19 heavy (non-hydrogen) atoms. The third-order valence-electron chi connectivity index (χ3n) is 3.09. The van der Waals surface area contributed by atoms with Crippen LogP contribution in [0.15, 0.2) is 30.4 Å². The largest absolute Gasteiger partial charge is 0.495 e. The van der Waals surface area contributed by atoms with Crippen molar-refractivity contribution in [3.63, 3.8) is 0 Å². The minimum Gasteiger partial charge on any atom is -0.495 e. The number of benzene rings is 1. The van der Waals surface area contributed by atoms with Crippen LogP contribution >= 0.6 is 0 Å². The Hall–Kier alpha value is -2.30. The van der Waals surface area contributed by atoms with E-state index in [4.69, 9.17) is 9.84 Å². The van der Waals surface area contributed by atoms with Crippen LogP contribution in [0.2, 0.25) is 0 Å². The van der Waals surface area contributed by atoms with Crippen molar-refractivity contribution in [3.8, 4) is 5.75 Å². The van der Waals surface area contributed by atoms with Gasteiger partial charge in [-0.1, -0.05) is 12.2 Å². The molecule has 0 aliphatic heterocycles. The average molecular weight is 261 g/mol. The summed E-state index contributed by atoms with van der Waals surface area (Å²) in [6, 6.07) is 4.38. The number of carboxylic acids is 1. The molecule has 0 saturated carbocycles. The Kier molecular flexibility index (Phi) is 3.85. The van der Waals surface area contributed by atoms with Crippen molar-refractivity contribution in [2.24, 2.45) is 5.92 Å². The zero-order valence-electron chi connectivity index (χ0n) is 10.6. The number of nitrogens with one attached hydrogen (secondary N) is 1. The normalized spacial score (nSPS) is 14.4. The van der Waals surface area contributed by atoms with Crippen LogP contribution in [0.1, 0.15) is 23.2 Å². The highest BCUT2D eigenvalue weighted by Crippen LogP contribution is 2.27. The molecular formula is C14H15NO4. The lowest BCUT2D eigenvalue weighted by atomic mass is 10.1. The number of anilines is 1. The van der Waals surface area contributed by atoms with Gasteiger partial charge < -0.3 is 15.2 Å². The summed E-state index contributed by atoms with van der Waals surface area (Å²) in [6.45, 7) is 0. The molecule has 1 amide bonds. The average Bonchev–Trinajstić information content (AvgIpc) is 2.92. The van der Waals surface area contributed by atoms with Gasteiger partial charge in [-0.2, -0.15) is 0 Å². The number of carbonyl (C=O) groups is 2. The molecular weight excluding hydrogens is 246 g/mol.